The van der Waals surface area contributed by atoms with Gasteiger partial charge in [0.25, 0.3) is 0 Å². The second-order valence-electron chi connectivity index (χ2n) is 5.59. The minimum Gasteiger partial charge on any atom is -0.382 e. The zero-order valence-electron chi connectivity index (χ0n) is 13.3. The third-order valence-electron chi connectivity index (χ3n) is 3.94. The quantitative estimate of drug-likeness (QED) is 0.793. The highest BCUT2D eigenvalue weighted by molar-refractivity contribution is 5.78. The van der Waals surface area contributed by atoms with Gasteiger partial charge in [-0.3, -0.25) is 4.98 Å². The highest BCUT2D eigenvalue weighted by Crippen LogP contribution is 2.23. The van der Waals surface area contributed by atoms with Crippen LogP contribution in [0, 0.1) is 0 Å². The van der Waals surface area contributed by atoms with Crippen molar-refractivity contribution in [2.24, 2.45) is 0 Å². The Kier molecular flexibility index (Phi) is 6.15. The molecule has 1 heterocycles. The first-order chi connectivity index (χ1) is 10.2. The fourth-order valence-corrected chi connectivity index (χ4v) is 2.52. The van der Waals surface area contributed by atoms with Crippen LogP contribution in [-0.2, 0) is 4.74 Å². The lowest BCUT2D eigenvalue weighted by molar-refractivity contribution is 0.106. The monoisotopic (exact) mass is 286 g/mol. The molecule has 1 aromatic heterocycles. The Hall–Kier alpha value is -1.45. The highest BCUT2D eigenvalue weighted by atomic mass is 16.5. The summed E-state index contributed by atoms with van der Waals surface area (Å²) in [6.45, 7) is 5.36. The molecule has 2 rings (SSSR count). The number of benzene rings is 1. The van der Waals surface area contributed by atoms with Gasteiger partial charge in [-0.1, -0.05) is 25.1 Å². The van der Waals surface area contributed by atoms with E-state index in [1.165, 1.54) is 10.9 Å². The standard InChI is InChI=1S/C18H26N2O/c1-4-11-19-17(10-7-14(2)21-3)16-9-8-15-6-5-12-20-18(15)13-16/h5-6,8-9,12-14,17,19H,4,7,10-11H2,1-3H3. The molecule has 0 spiro atoms. The fourth-order valence-electron chi connectivity index (χ4n) is 2.52. The van der Waals surface area contributed by atoms with Crippen molar-refractivity contribution in [2.45, 2.75) is 45.3 Å². The van der Waals surface area contributed by atoms with Crippen molar-refractivity contribution in [1.29, 1.82) is 0 Å². The lowest BCUT2D eigenvalue weighted by Crippen LogP contribution is -2.23. The molecular formula is C18H26N2O. The maximum atomic E-state index is 5.37. The zero-order chi connectivity index (χ0) is 15.1. The normalized spacial score (nSPS) is 14.2. The van der Waals surface area contributed by atoms with E-state index in [-0.39, 0.29) is 0 Å². The summed E-state index contributed by atoms with van der Waals surface area (Å²) in [6.07, 6.45) is 5.43. The molecule has 0 aliphatic carbocycles. The molecule has 2 atom stereocenters. The average Bonchev–Trinajstić information content (AvgIpc) is 2.54. The van der Waals surface area contributed by atoms with Crippen LogP contribution in [0.25, 0.3) is 10.9 Å². The molecule has 1 aromatic carbocycles. The second-order valence-corrected chi connectivity index (χ2v) is 5.59. The van der Waals surface area contributed by atoms with Gasteiger partial charge < -0.3 is 10.1 Å². The summed E-state index contributed by atoms with van der Waals surface area (Å²) in [6, 6.07) is 11.0. The number of rotatable bonds is 8. The summed E-state index contributed by atoms with van der Waals surface area (Å²) in [4.78, 5) is 4.46. The topological polar surface area (TPSA) is 34.1 Å². The molecule has 2 aromatic rings. The Bertz CT molecular complexity index is 556. The Morgan fingerprint density at radius 1 is 1.24 bits per heavy atom. The largest absolute Gasteiger partial charge is 0.382 e. The van der Waals surface area contributed by atoms with Gasteiger partial charge in [-0.05, 0) is 50.4 Å². The summed E-state index contributed by atoms with van der Waals surface area (Å²) in [5.41, 5.74) is 2.39. The number of nitrogens with zero attached hydrogens (tertiary/aromatic N) is 1. The van der Waals surface area contributed by atoms with Crippen LogP contribution in [0.1, 0.15) is 44.7 Å². The van der Waals surface area contributed by atoms with Gasteiger partial charge in [-0.2, -0.15) is 0 Å². The molecule has 0 radical (unpaired) electrons. The SMILES string of the molecule is CCCNC(CCC(C)OC)c1ccc2cccnc2c1. The number of ether oxygens (including phenoxy) is 1. The maximum absolute atomic E-state index is 5.37. The summed E-state index contributed by atoms with van der Waals surface area (Å²) in [7, 11) is 1.78. The van der Waals surface area contributed by atoms with E-state index < -0.39 is 0 Å². The third-order valence-corrected chi connectivity index (χ3v) is 3.94. The van der Waals surface area contributed by atoms with Gasteiger partial charge >= 0.3 is 0 Å². The number of pyridine rings is 1. The Morgan fingerprint density at radius 3 is 2.86 bits per heavy atom. The average molecular weight is 286 g/mol. The molecular weight excluding hydrogens is 260 g/mol. The van der Waals surface area contributed by atoms with Crippen LogP contribution >= 0.6 is 0 Å². The summed E-state index contributed by atoms with van der Waals surface area (Å²) in [5, 5.41) is 4.84. The first kappa shape index (κ1) is 15.9. The lowest BCUT2D eigenvalue weighted by Gasteiger charge is -2.21. The van der Waals surface area contributed by atoms with Gasteiger partial charge in [0.1, 0.15) is 0 Å². The predicted molar refractivity (Wildman–Crippen MR) is 88.5 cm³/mol. The first-order valence-electron chi connectivity index (χ1n) is 7.85. The third kappa shape index (κ3) is 4.51. The molecule has 2 unspecified atom stereocenters. The number of nitrogens with one attached hydrogen (secondary N) is 1. The van der Waals surface area contributed by atoms with Crippen molar-refractivity contribution in [3.63, 3.8) is 0 Å². The zero-order valence-corrected chi connectivity index (χ0v) is 13.3. The van der Waals surface area contributed by atoms with Crippen molar-refractivity contribution in [1.82, 2.24) is 10.3 Å². The van der Waals surface area contributed by atoms with Crippen LogP contribution in [0.5, 0.6) is 0 Å². The van der Waals surface area contributed by atoms with Gasteiger partial charge in [0.2, 0.25) is 0 Å². The minimum atomic E-state index is 0.300. The van der Waals surface area contributed by atoms with E-state index in [4.69, 9.17) is 4.74 Å². The highest BCUT2D eigenvalue weighted by Gasteiger charge is 2.13. The fraction of sp³-hybridized carbons (Fsp3) is 0.500. The van der Waals surface area contributed by atoms with Crippen molar-refractivity contribution >= 4 is 10.9 Å². The number of fused-ring (bicyclic) bond motifs is 1. The molecule has 0 saturated carbocycles. The van der Waals surface area contributed by atoms with Gasteiger partial charge in [0.15, 0.2) is 0 Å². The summed E-state index contributed by atoms with van der Waals surface area (Å²) < 4.78 is 5.37. The first-order valence-corrected chi connectivity index (χ1v) is 7.85. The molecule has 114 valence electrons. The van der Waals surface area contributed by atoms with E-state index in [1.54, 1.807) is 7.11 Å². The molecule has 3 nitrogen and oxygen atoms in total. The predicted octanol–water partition coefficient (Wildman–Crippen LogP) is 4.09. The number of methoxy groups -OCH3 is 1. The molecule has 3 heteroatoms. The Morgan fingerprint density at radius 2 is 2.10 bits per heavy atom. The number of hydrogen-bond donors (Lipinski definition) is 1. The maximum Gasteiger partial charge on any atom is 0.0705 e. The van der Waals surface area contributed by atoms with Crippen LogP contribution in [-0.4, -0.2) is 24.7 Å². The minimum absolute atomic E-state index is 0.300. The van der Waals surface area contributed by atoms with Crippen molar-refractivity contribution < 1.29 is 4.74 Å². The van der Waals surface area contributed by atoms with Crippen molar-refractivity contribution in [3.8, 4) is 0 Å². The van der Waals surface area contributed by atoms with Crippen molar-refractivity contribution in [2.75, 3.05) is 13.7 Å². The van der Waals surface area contributed by atoms with E-state index in [9.17, 15) is 0 Å². The molecule has 21 heavy (non-hydrogen) atoms. The molecule has 0 bridgehead atoms. The molecule has 0 aliphatic rings. The molecule has 1 N–H and O–H groups in total. The van der Waals surface area contributed by atoms with Crippen LogP contribution in [0.2, 0.25) is 0 Å². The molecule has 0 fully saturated rings. The number of hydrogen-bond acceptors (Lipinski definition) is 3. The molecule has 0 aliphatic heterocycles. The molecule has 0 amide bonds. The number of aromatic nitrogens is 1. The molecule has 0 saturated heterocycles. The van der Waals surface area contributed by atoms with E-state index in [1.807, 2.05) is 12.3 Å². The second kappa shape index (κ2) is 8.11. The van der Waals surface area contributed by atoms with E-state index in [0.717, 1.165) is 31.3 Å². The summed E-state index contributed by atoms with van der Waals surface area (Å²) in [5.74, 6) is 0. The van der Waals surface area contributed by atoms with E-state index >= 15 is 0 Å². The van der Waals surface area contributed by atoms with Crippen LogP contribution < -0.4 is 5.32 Å². The van der Waals surface area contributed by atoms with Gasteiger partial charge in [0.05, 0.1) is 11.6 Å². The lowest BCUT2D eigenvalue weighted by atomic mass is 9.99. The van der Waals surface area contributed by atoms with Gasteiger partial charge in [-0.15, -0.1) is 0 Å². The van der Waals surface area contributed by atoms with E-state index in [2.05, 4.69) is 48.4 Å². The smallest absolute Gasteiger partial charge is 0.0705 e. The van der Waals surface area contributed by atoms with Crippen LogP contribution in [0.15, 0.2) is 36.5 Å². The van der Waals surface area contributed by atoms with Gasteiger partial charge in [-0.25, -0.2) is 0 Å². The summed E-state index contributed by atoms with van der Waals surface area (Å²) >= 11 is 0. The van der Waals surface area contributed by atoms with Gasteiger partial charge in [0, 0.05) is 24.7 Å². The van der Waals surface area contributed by atoms with E-state index in [0.29, 0.717) is 12.1 Å². The Labute approximate surface area is 127 Å². The van der Waals surface area contributed by atoms with Crippen LogP contribution in [0.3, 0.4) is 0 Å². The van der Waals surface area contributed by atoms with Crippen LogP contribution in [0.4, 0.5) is 0 Å². The Balaban J connectivity index is 2.16. The van der Waals surface area contributed by atoms with Crippen molar-refractivity contribution in [3.05, 3.63) is 42.1 Å².